The highest BCUT2D eigenvalue weighted by Crippen LogP contribution is 2.28. The zero-order valence-electron chi connectivity index (χ0n) is 14.3. The quantitative estimate of drug-likeness (QED) is 0.252. The van der Waals surface area contributed by atoms with Crippen LogP contribution in [0.5, 0.6) is 0 Å². The number of nitrogens with one attached hydrogen (secondary N) is 2. The highest BCUT2D eigenvalue weighted by atomic mass is 127. The van der Waals surface area contributed by atoms with Crippen LogP contribution >= 0.6 is 24.0 Å². The molecule has 1 aliphatic carbocycles. The molecular weight excluding hydrogens is 375 g/mol. The Hall–Kier alpha value is -0.0400. The Labute approximate surface area is 148 Å². The number of hydrogen-bond donors (Lipinski definition) is 2. The first kappa shape index (κ1) is 21.0. The normalized spacial score (nSPS) is 21.1. The number of hydrogen-bond acceptors (Lipinski definition) is 2. The average Bonchev–Trinajstić information content (AvgIpc) is 3.10. The van der Waals surface area contributed by atoms with E-state index in [0.717, 1.165) is 31.4 Å². The molecule has 21 heavy (non-hydrogen) atoms. The van der Waals surface area contributed by atoms with Gasteiger partial charge in [-0.05, 0) is 58.2 Å². The molecule has 0 aliphatic heterocycles. The molecule has 1 rings (SSSR count). The van der Waals surface area contributed by atoms with Crippen LogP contribution in [0.15, 0.2) is 4.99 Å². The van der Waals surface area contributed by atoms with Crippen molar-refractivity contribution in [2.75, 3.05) is 32.7 Å². The van der Waals surface area contributed by atoms with Gasteiger partial charge < -0.3 is 15.5 Å². The molecule has 0 spiro atoms. The zero-order valence-corrected chi connectivity index (χ0v) is 16.7. The van der Waals surface area contributed by atoms with E-state index in [1.54, 1.807) is 0 Å². The van der Waals surface area contributed by atoms with Crippen LogP contribution in [0, 0.1) is 5.92 Å². The molecule has 0 saturated heterocycles. The summed E-state index contributed by atoms with van der Waals surface area (Å²) < 4.78 is 0. The molecule has 0 heterocycles. The lowest BCUT2D eigenvalue weighted by Gasteiger charge is -2.20. The van der Waals surface area contributed by atoms with Crippen LogP contribution in [0.3, 0.4) is 0 Å². The lowest BCUT2D eigenvalue weighted by Crippen LogP contribution is -2.39. The van der Waals surface area contributed by atoms with Gasteiger partial charge in [-0.3, -0.25) is 4.99 Å². The van der Waals surface area contributed by atoms with Gasteiger partial charge in [0.2, 0.25) is 0 Å². The molecule has 0 aromatic rings. The van der Waals surface area contributed by atoms with E-state index < -0.39 is 0 Å². The van der Waals surface area contributed by atoms with Crippen LogP contribution in [-0.4, -0.2) is 49.6 Å². The molecule has 5 heteroatoms. The maximum absolute atomic E-state index is 4.69. The number of halogens is 1. The van der Waals surface area contributed by atoms with E-state index >= 15 is 0 Å². The minimum Gasteiger partial charge on any atom is -0.357 e. The molecule has 2 unspecified atom stereocenters. The van der Waals surface area contributed by atoms with Crippen LogP contribution in [0.2, 0.25) is 0 Å². The third kappa shape index (κ3) is 9.55. The van der Waals surface area contributed by atoms with Crippen LogP contribution in [-0.2, 0) is 0 Å². The van der Waals surface area contributed by atoms with Crippen LogP contribution < -0.4 is 10.6 Å². The van der Waals surface area contributed by atoms with Crippen LogP contribution in [0.4, 0.5) is 0 Å². The van der Waals surface area contributed by atoms with Gasteiger partial charge in [-0.1, -0.05) is 20.8 Å². The third-order valence-corrected chi connectivity index (χ3v) is 3.76. The van der Waals surface area contributed by atoms with E-state index in [-0.39, 0.29) is 24.0 Å². The Morgan fingerprint density at radius 2 is 1.76 bits per heavy atom. The molecule has 2 N–H and O–H groups in total. The fourth-order valence-electron chi connectivity index (χ4n) is 2.47. The van der Waals surface area contributed by atoms with E-state index in [2.05, 4.69) is 48.2 Å². The summed E-state index contributed by atoms with van der Waals surface area (Å²) in [6.45, 7) is 14.4. The first-order valence-corrected chi connectivity index (χ1v) is 8.48. The number of aliphatic imine (C=N–C) groups is 1. The SMILES string of the molecule is CCCN(CCC)CCCN=C(NCC)NC1CC1C.I. The smallest absolute Gasteiger partial charge is 0.191 e. The molecule has 0 radical (unpaired) electrons. The van der Waals surface area contributed by atoms with Crippen molar-refractivity contribution >= 4 is 29.9 Å². The molecule has 4 nitrogen and oxygen atoms in total. The van der Waals surface area contributed by atoms with Crippen molar-refractivity contribution in [3.63, 3.8) is 0 Å². The molecule has 0 amide bonds. The molecule has 2 atom stereocenters. The van der Waals surface area contributed by atoms with E-state index in [9.17, 15) is 0 Å². The molecule has 126 valence electrons. The maximum Gasteiger partial charge on any atom is 0.191 e. The highest BCUT2D eigenvalue weighted by molar-refractivity contribution is 14.0. The van der Waals surface area contributed by atoms with Crippen molar-refractivity contribution in [2.24, 2.45) is 10.9 Å². The summed E-state index contributed by atoms with van der Waals surface area (Å²) in [6, 6.07) is 0.643. The van der Waals surface area contributed by atoms with Crippen LogP contribution in [0.25, 0.3) is 0 Å². The van der Waals surface area contributed by atoms with Gasteiger partial charge in [-0.25, -0.2) is 0 Å². The molecule has 1 aliphatic rings. The molecule has 0 aromatic carbocycles. The van der Waals surface area contributed by atoms with Crippen molar-refractivity contribution in [2.45, 2.75) is 59.4 Å². The summed E-state index contributed by atoms with van der Waals surface area (Å²) in [4.78, 5) is 7.24. The summed E-state index contributed by atoms with van der Waals surface area (Å²) in [7, 11) is 0. The van der Waals surface area contributed by atoms with Crippen molar-refractivity contribution < 1.29 is 0 Å². The molecular formula is C16H35IN4. The van der Waals surface area contributed by atoms with Gasteiger partial charge in [0.25, 0.3) is 0 Å². The summed E-state index contributed by atoms with van der Waals surface area (Å²) in [5, 5.41) is 6.84. The van der Waals surface area contributed by atoms with Crippen molar-refractivity contribution in [3.8, 4) is 0 Å². The summed E-state index contributed by atoms with van der Waals surface area (Å²) in [5.74, 6) is 1.81. The Kier molecular flexibility index (Phi) is 12.5. The number of guanidine groups is 1. The van der Waals surface area contributed by atoms with E-state index in [4.69, 9.17) is 0 Å². The second-order valence-electron chi connectivity index (χ2n) is 5.92. The van der Waals surface area contributed by atoms with Gasteiger partial charge >= 0.3 is 0 Å². The van der Waals surface area contributed by atoms with Crippen molar-refractivity contribution in [1.29, 1.82) is 0 Å². The second-order valence-corrected chi connectivity index (χ2v) is 5.92. The predicted molar refractivity (Wildman–Crippen MR) is 104 cm³/mol. The highest BCUT2D eigenvalue weighted by Gasteiger charge is 2.33. The number of nitrogens with zero attached hydrogens (tertiary/aromatic N) is 2. The lowest BCUT2D eigenvalue weighted by atomic mass is 10.3. The largest absolute Gasteiger partial charge is 0.357 e. The minimum absolute atomic E-state index is 0. The van der Waals surface area contributed by atoms with E-state index in [0.29, 0.717) is 6.04 Å². The van der Waals surface area contributed by atoms with Crippen LogP contribution in [0.1, 0.15) is 53.4 Å². The van der Waals surface area contributed by atoms with Gasteiger partial charge in [0, 0.05) is 19.1 Å². The van der Waals surface area contributed by atoms with E-state index in [1.807, 2.05) is 0 Å². The van der Waals surface area contributed by atoms with Gasteiger partial charge in [-0.2, -0.15) is 0 Å². The minimum atomic E-state index is 0. The third-order valence-electron chi connectivity index (χ3n) is 3.76. The fraction of sp³-hybridized carbons (Fsp3) is 0.938. The molecule has 1 fully saturated rings. The first-order valence-electron chi connectivity index (χ1n) is 8.48. The molecule has 0 aromatic heterocycles. The zero-order chi connectivity index (χ0) is 14.8. The monoisotopic (exact) mass is 410 g/mol. The Morgan fingerprint density at radius 3 is 2.24 bits per heavy atom. The van der Waals surface area contributed by atoms with Gasteiger partial charge in [0.05, 0.1) is 0 Å². The Balaban J connectivity index is 0.00000400. The summed E-state index contributed by atoms with van der Waals surface area (Å²) in [6.07, 6.45) is 4.92. The maximum atomic E-state index is 4.69. The van der Waals surface area contributed by atoms with Gasteiger partial charge in [0.15, 0.2) is 5.96 Å². The van der Waals surface area contributed by atoms with Gasteiger partial charge in [0.1, 0.15) is 0 Å². The molecule has 0 bridgehead atoms. The predicted octanol–water partition coefficient (Wildman–Crippen LogP) is 3.08. The second kappa shape index (κ2) is 12.5. The number of rotatable bonds is 10. The standard InChI is InChI=1S/C16H34N4.HI/c1-5-10-20(11-6-2)12-8-9-18-16(17-7-3)19-15-13-14(15)4;/h14-15H,5-13H2,1-4H3,(H2,17,18,19);1H. The topological polar surface area (TPSA) is 39.7 Å². The summed E-state index contributed by atoms with van der Waals surface area (Å²) in [5.41, 5.74) is 0. The Bertz CT molecular complexity index is 277. The lowest BCUT2D eigenvalue weighted by molar-refractivity contribution is 0.273. The van der Waals surface area contributed by atoms with Crippen molar-refractivity contribution in [1.82, 2.24) is 15.5 Å². The Morgan fingerprint density at radius 1 is 1.14 bits per heavy atom. The van der Waals surface area contributed by atoms with Gasteiger partial charge in [-0.15, -0.1) is 24.0 Å². The van der Waals surface area contributed by atoms with Crippen molar-refractivity contribution in [3.05, 3.63) is 0 Å². The fourth-order valence-corrected chi connectivity index (χ4v) is 2.47. The molecule has 1 saturated carbocycles. The van der Waals surface area contributed by atoms with E-state index in [1.165, 1.54) is 38.9 Å². The average molecular weight is 410 g/mol. The summed E-state index contributed by atoms with van der Waals surface area (Å²) >= 11 is 0. The first-order chi connectivity index (χ1) is 9.71.